The number of hydrogen-bond donors (Lipinski definition) is 2. The van der Waals surface area contributed by atoms with Crippen molar-refractivity contribution in [3.8, 4) is 11.4 Å². The van der Waals surface area contributed by atoms with Gasteiger partial charge in [0.1, 0.15) is 11.5 Å². The topological polar surface area (TPSA) is 96.0 Å². The van der Waals surface area contributed by atoms with Crippen molar-refractivity contribution in [1.82, 2.24) is 24.8 Å². The summed E-state index contributed by atoms with van der Waals surface area (Å²) in [4.78, 5) is 30.7. The molecule has 0 saturated carbocycles. The van der Waals surface area contributed by atoms with Crippen LogP contribution in [0.1, 0.15) is 61.1 Å². The molecule has 8 nitrogen and oxygen atoms in total. The van der Waals surface area contributed by atoms with E-state index in [1.165, 1.54) is 6.42 Å². The van der Waals surface area contributed by atoms with Crippen LogP contribution >= 0.6 is 0 Å². The Morgan fingerprint density at radius 2 is 1.94 bits per heavy atom. The van der Waals surface area contributed by atoms with E-state index in [4.69, 9.17) is 4.74 Å². The van der Waals surface area contributed by atoms with Crippen LogP contribution in [0, 0.1) is 5.82 Å². The molecule has 0 radical (unpaired) electrons. The van der Waals surface area contributed by atoms with Crippen molar-refractivity contribution >= 4 is 17.5 Å². The molecule has 2 atom stereocenters. The van der Waals surface area contributed by atoms with E-state index >= 15 is 0 Å². The van der Waals surface area contributed by atoms with Gasteiger partial charge >= 0.3 is 0 Å². The summed E-state index contributed by atoms with van der Waals surface area (Å²) in [5.41, 5.74) is 2.04. The second-order valence-corrected chi connectivity index (χ2v) is 9.03. The number of aromatic amines is 1. The Hall–Kier alpha value is -3.33. The number of piperidine rings is 1. The molecule has 1 amide bonds. The highest BCUT2D eigenvalue weighted by atomic mass is 19.1. The lowest BCUT2D eigenvalue weighted by Crippen LogP contribution is -2.35. The average molecular weight is 465 g/mol. The van der Waals surface area contributed by atoms with E-state index in [1.54, 1.807) is 18.3 Å². The minimum atomic E-state index is -0.524. The molecule has 2 fully saturated rings. The molecule has 3 aromatic rings. The van der Waals surface area contributed by atoms with Gasteiger partial charge in [-0.25, -0.2) is 19.3 Å². The highest BCUT2D eigenvalue weighted by Crippen LogP contribution is 2.30. The molecule has 5 rings (SSSR count). The molecule has 0 spiro atoms. The molecule has 2 saturated heterocycles. The van der Waals surface area contributed by atoms with E-state index in [0.717, 1.165) is 50.8 Å². The van der Waals surface area contributed by atoms with E-state index in [2.05, 4.69) is 25.3 Å². The molecule has 2 N–H and O–H groups in total. The first kappa shape index (κ1) is 22.5. The number of carbonyl (C=O) groups excluding carboxylic acids is 1. The fraction of sp³-hybridized carbons (Fsp3) is 0.440. The number of benzene rings is 1. The van der Waals surface area contributed by atoms with Crippen LogP contribution in [0.25, 0.3) is 11.4 Å². The number of anilines is 2. The van der Waals surface area contributed by atoms with Gasteiger partial charge in [0.05, 0.1) is 24.2 Å². The Kier molecular flexibility index (Phi) is 6.53. The third-order valence-electron chi connectivity index (χ3n) is 6.50. The zero-order valence-corrected chi connectivity index (χ0v) is 19.3. The highest BCUT2D eigenvalue weighted by molar-refractivity contribution is 5.94. The van der Waals surface area contributed by atoms with Gasteiger partial charge in [-0.15, -0.1) is 0 Å². The van der Waals surface area contributed by atoms with Crippen LogP contribution in [0.2, 0.25) is 0 Å². The Balaban J connectivity index is 1.29. The number of carbonyl (C=O) groups is 1. The van der Waals surface area contributed by atoms with Crippen LogP contribution in [0.5, 0.6) is 0 Å². The maximum atomic E-state index is 14.6. The smallest absolute Gasteiger partial charge is 0.253 e. The van der Waals surface area contributed by atoms with Gasteiger partial charge in [0.25, 0.3) is 5.91 Å². The predicted octanol–water partition coefficient (Wildman–Crippen LogP) is 4.66. The van der Waals surface area contributed by atoms with Crippen molar-refractivity contribution in [1.29, 1.82) is 0 Å². The molecule has 0 bridgehead atoms. The van der Waals surface area contributed by atoms with Crippen LogP contribution in [-0.2, 0) is 4.74 Å². The summed E-state index contributed by atoms with van der Waals surface area (Å²) in [5.74, 6) is 0.879. The number of likely N-dealkylation sites (tertiary alicyclic amines) is 1. The number of nitrogens with one attached hydrogen (secondary N) is 2. The summed E-state index contributed by atoms with van der Waals surface area (Å²) < 4.78 is 20.2. The van der Waals surface area contributed by atoms with Crippen LogP contribution in [-0.4, -0.2) is 56.5 Å². The Labute approximate surface area is 198 Å². The molecule has 178 valence electrons. The fourth-order valence-corrected chi connectivity index (χ4v) is 4.63. The lowest BCUT2D eigenvalue weighted by atomic mass is 9.96. The molecule has 34 heavy (non-hydrogen) atoms. The molecule has 9 heteroatoms. The van der Waals surface area contributed by atoms with E-state index in [-0.39, 0.29) is 29.6 Å². The van der Waals surface area contributed by atoms with Crippen LogP contribution in [0.3, 0.4) is 0 Å². The summed E-state index contributed by atoms with van der Waals surface area (Å²) in [7, 11) is 0. The number of aromatic nitrogens is 4. The monoisotopic (exact) mass is 464 g/mol. The summed E-state index contributed by atoms with van der Waals surface area (Å²) in [6.07, 6.45) is 8.00. The average Bonchev–Trinajstić information content (AvgIpc) is 3.36. The van der Waals surface area contributed by atoms with Gasteiger partial charge in [-0.1, -0.05) is 0 Å². The van der Waals surface area contributed by atoms with E-state index in [1.807, 2.05) is 24.0 Å². The quantitative estimate of drug-likeness (QED) is 0.570. The minimum absolute atomic E-state index is 0.0561. The van der Waals surface area contributed by atoms with Gasteiger partial charge in [-0.2, -0.15) is 0 Å². The summed E-state index contributed by atoms with van der Waals surface area (Å²) in [5, 5.41) is 3.10. The summed E-state index contributed by atoms with van der Waals surface area (Å²) in [6.45, 7) is 4.37. The van der Waals surface area contributed by atoms with Crippen molar-refractivity contribution in [2.24, 2.45) is 0 Å². The standard InChI is InChI=1S/C25H29FN6O2/c1-16-13-18(9-12-34-16)23-27-15-21(30-23)22-20(26)14-28-25(31-22)29-19-7-5-17(6-8-19)24(33)32-10-3-2-4-11-32/h5-8,14-16,18H,2-4,9-13H2,1H3,(H,27,30)(H,28,29,31). The van der Waals surface area contributed by atoms with Crippen LogP contribution in [0.4, 0.5) is 16.0 Å². The zero-order chi connectivity index (χ0) is 23.5. The Morgan fingerprint density at radius 1 is 1.15 bits per heavy atom. The normalized spacial score (nSPS) is 20.8. The van der Waals surface area contributed by atoms with Gasteiger partial charge in [-0.3, -0.25) is 4.79 Å². The van der Waals surface area contributed by atoms with Gasteiger partial charge in [-0.05, 0) is 63.3 Å². The molecule has 2 unspecified atom stereocenters. The first-order valence-corrected chi connectivity index (χ1v) is 11.9. The van der Waals surface area contributed by atoms with Gasteiger partial charge in [0.2, 0.25) is 5.95 Å². The van der Waals surface area contributed by atoms with E-state index < -0.39 is 5.82 Å². The lowest BCUT2D eigenvalue weighted by Gasteiger charge is -2.26. The fourth-order valence-electron chi connectivity index (χ4n) is 4.63. The first-order chi connectivity index (χ1) is 16.6. The number of rotatable bonds is 5. The Bertz CT molecular complexity index is 1140. The van der Waals surface area contributed by atoms with E-state index in [9.17, 15) is 9.18 Å². The van der Waals surface area contributed by atoms with Crippen LogP contribution < -0.4 is 5.32 Å². The third-order valence-corrected chi connectivity index (χ3v) is 6.50. The van der Waals surface area contributed by atoms with Crippen LogP contribution in [0.15, 0.2) is 36.7 Å². The number of amides is 1. The Morgan fingerprint density at radius 3 is 2.71 bits per heavy atom. The zero-order valence-electron chi connectivity index (χ0n) is 19.3. The number of H-pyrrole nitrogens is 1. The van der Waals surface area contributed by atoms with Crippen molar-refractivity contribution < 1.29 is 13.9 Å². The van der Waals surface area contributed by atoms with Gasteiger partial charge in [0.15, 0.2) is 5.82 Å². The number of imidazole rings is 1. The lowest BCUT2D eigenvalue weighted by molar-refractivity contribution is 0.0174. The van der Waals surface area contributed by atoms with Crippen molar-refractivity contribution in [2.75, 3.05) is 25.0 Å². The van der Waals surface area contributed by atoms with Crippen molar-refractivity contribution in [2.45, 2.75) is 51.0 Å². The second kappa shape index (κ2) is 9.89. The molecule has 2 aromatic heterocycles. The SMILES string of the molecule is CC1CC(c2ncc(-c3nc(Nc4ccc(C(=O)N5CCCCC5)cc4)ncc3F)[nH]2)CCO1. The number of ether oxygens (including phenoxy) is 1. The van der Waals surface area contributed by atoms with Crippen molar-refractivity contribution in [3.63, 3.8) is 0 Å². The summed E-state index contributed by atoms with van der Waals surface area (Å²) in [6, 6.07) is 7.20. The molecular formula is C25H29FN6O2. The number of hydrogen-bond acceptors (Lipinski definition) is 6. The third kappa shape index (κ3) is 4.94. The summed E-state index contributed by atoms with van der Waals surface area (Å²) >= 11 is 0. The van der Waals surface area contributed by atoms with Crippen molar-refractivity contribution in [3.05, 3.63) is 53.9 Å². The first-order valence-electron chi connectivity index (χ1n) is 11.9. The second-order valence-electron chi connectivity index (χ2n) is 9.03. The molecule has 0 aliphatic carbocycles. The maximum Gasteiger partial charge on any atom is 0.253 e. The minimum Gasteiger partial charge on any atom is -0.378 e. The number of nitrogens with zero attached hydrogens (tertiary/aromatic N) is 4. The molecule has 1 aromatic carbocycles. The van der Waals surface area contributed by atoms with Gasteiger partial charge < -0.3 is 19.9 Å². The molecule has 2 aliphatic rings. The van der Waals surface area contributed by atoms with Gasteiger partial charge in [0, 0.05) is 36.9 Å². The highest BCUT2D eigenvalue weighted by Gasteiger charge is 2.24. The maximum absolute atomic E-state index is 14.6. The largest absolute Gasteiger partial charge is 0.378 e. The predicted molar refractivity (Wildman–Crippen MR) is 126 cm³/mol. The molecule has 4 heterocycles. The number of halogens is 1. The molecular weight excluding hydrogens is 435 g/mol. The molecule has 2 aliphatic heterocycles. The van der Waals surface area contributed by atoms with E-state index in [0.29, 0.717) is 23.6 Å².